The third-order valence-electron chi connectivity index (χ3n) is 3.32. The van der Waals surface area contributed by atoms with Gasteiger partial charge < -0.3 is 15.1 Å². The summed E-state index contributed by atoms with van der Waals surface area (Å²) < 4.78 is 89.1. The first-order valence-corrected chi connectivity index (χ1v) is 7.48. The van der Waals surface area contributed by atoms with E-state index in [1.54, 1.807) is 24.3 Å². The fourth-order valence-electron chi connectivity index (χ4n) is 2.30. The van der Waals surface area contributed by atoms with E-state index in [9.17, 15) is 0 Å². The average Bonchev–Trinajstić information content (AvgIpc) is 2.87. The highest BCUT2D eigenvalue weighted by molar-refractivity contribution is 7.16. The molecule has 0 unspecified atom stereocenters. The van der Waals surface area contributed by atoms with Gasteiger partial charge >= 0.3 is 0 Å². The number of nitrogens with one attached hydrogen (secondary N) is 1. The minimum absolute atomic E-state index is 0.0441. The zero-order valence-electron chi connectivity index (χ0n) is 22.5. The Bertz CT molecular complexity index is 1100. The molecule has 22 heavy (non-hydrogen) atoms. The molecule has 3 heterocycles. The van der Waals surface area contributed by atoms with E-state index in [0.29, 0.717) is 11.4 Å². The van der Waals surface area contributed by atoms with Gasteiger partial charge in [0, 0.05) is 39.2 Å². The zero-order valence-corrected chi connectivity index (χ0v) is 12.3. The minimum Gasteiger partial charge on any atom is -0.353 e. The molecule has 1 aromatic heterocycles. The van der Waals surface area contributed by atoms with Crippen molar-refractivity contribution in [1.82, 2.24) is 9.80 Å². The van der Waals surface area contributed by atoms with Crippen molar-refractivity contribution in [1.29, 1.82) is 0 Å². The van der Waals surface area contributed by atoms with E-state index in [1.165, 1.54) is 0 Å². The van der Waals surface area contributed by atoms with Crippen LogP contribution in [0.1, 0.15) is 25.5 Å². The maximum Gasteiger partial charge on any atom is 0.139 e. The van der Waals surface area contributed by atoms with E-state index < -0.39 is 46.0 Å². The van der Waals surface area contributed by atoms with Crippen LogP contribution in [0.4, 0.5) is 16.4 Å². The number of hydrogen-bond acceptors (Lipinski definition) is 5. The van der Waals surface area contributed by atoms with Crippen molar-refractivity contribution in [3.63, 3.8) is 0 Å². The Morgan fingerprint density at radius 2 is 2.23 bits per heavy atom. The Labute approximate surface area is 150 Å². The van der Waals surface area contributed by atoms with Crippen LogP contribution in [-0.2, 0) is 0 Å². The number of rotatable bonds is 0. The highest BCUT2D eigenvalue weighted by atomic mass is 32.1. The first-order valence-electron chi connectivity index (χ1n) is 12.2. The standard InChI is InChI=1S/C17H20N4S/c1-12-11-13-16(21-9-7-20(2)8-10-21)18-14-5-3-4-6-15(14)19-17(13)22-12/h3-6,11,19H,7-10H2,1-2H3/i1D3,2D3,9D2,10D2,11D. The van der Waals surface area contributed by atoms with E-state index in [2.05, 4.69) is 10.3 Å². The number of fused-ring (bicyclic) bond motifs is 2. The van der Waals surface area contributed by atoms with Gasteiger partial charge in [0.15, 0.2) is 0 Å². The Morgan fingerprint density at radius 1 is 1.36 bits per heavy atom. The smallest absolute Gasteiger partial charge is 0.139 e. The van der Waals surface area contributed by atoms with Gasteiger partial charge in [-0.1, -0.05) is 12.1 Å². The Morgan fingerprint density at radius 3 is 3.05 bits per heavy atom. The molecule has 114 valence electrons. The highest BCUT2D eigenvalue weighted by Crippen LogP contribution is 2.39. The van der Waals surface area contributed by atoms with Crippen LogP contribution in [0.25, 0.3) is 0 Å². The number of aliphatic imine (C=N–C) groups is 1. The first-order chi connectivity index (χ1) is 15.0. The quantitative estimate of drug-likeness (QED) is 0.806. The lowest BCUT2D eigenvalue weighted by atomic mass is 10.2. The van der Waals surface area contributed by atoms with Crippen LogP contribution in [0.3, 0.4) is 0 Å². The maximum atomic E-state index is 8.57. The number of anilines is 2. The maximum absolute atomic E-state index is 8.57. The lowest BCUT2D eigenvalue weighted by Crippen LogP contribution is -2.47. The lowest BCUT2D eigenvalue weighted by Gasteiger charge is -2.34. The van der Waals surface area contributed by atoms with E-state index in [4.69, 9.17) is 15.1 Å². The summed E-state index contributed by atoms with van der Waals surface area (Å²) in [4.78, 5) is 5.72. The molecule has 0 atom stereocenters. The molecule has 2 aliphatic heterocycles. The Balaban J connectivity index is 1.96. The van der Waals surface area contributed by atoms with Gasteiger partial charge in [-0.3, -0.25) is 0 Å². The zero-order chi connectivity index (χ0) is 24.6. The molecule has 0 spiro atoms. The average molecular weight is 324 g/mol. The second-order valence-corrected chi connectivity index (χ2v) is 5.87. The van der Waals surface area contributed by atoms with E-state index in [-0.39, 0.29) is 21.3 Å². The van der Waals surface area contributed by atoms with Crippen LogP contribution >= 0.6 is 11.3 Å². The minimum atomic E-state index is -2.71. The predicted octanol–water partition coefficient (Wildman–Crippen LogP) is 3.44. The summed E-state index contributed by atoms with van der Waals surface area (Å²) in [7, 11) is 0. The van der Waals surface area contributed by atoms with Crippen molar-refractivity contribution < 1.29 is 15.1 Å². The molecule has 0 bridgehead atoms. The number of aryl methyl sites for hydroxylation is 1. The van der Waals surface area contributed by atoms with Crippen molar-refractivity contribution in [2.24, 2.45) is 4.99 Å². The SMILES string of the molecule is [2H]c1c(C([2H])([2H])[2H])sc2c1C(N1C([2H])([2H])CN(C([2H])([2H])[2H])CC1([2H])[2H])=Nc1ccccc1N2. The summed E-state index contributed by atoms with van der Waals surface area (Å²) in [6.45, 7) is -11.7. The summed E-state index contributed by atoms with van der Waals surface area (Å²) in [5.41, 5.74) is 0.780. The number of amidine groups is 1. The fraction of sp³-hybridized carbons (Fsp3) is 0.353. The van der Waals surface area contributed by atoms with Gasteiger partial charge in [-0.2, -0.15) is 0 Å². The van der Waals surface area contributed by atoms with Gasteiger partial charge in [0.25, 0.3) is 0 Å². The van der Waals surface area contributed by atoms with Crippen LogP contribution in [0.5, 0.6) is 0 Å². The first kappa shape index (κ1) is 6.34. The molecule has 1 fully saturated rings. The number of benzene rings is 1. The van der Waals surface area contributed by atoms with Gasteiger partial charge in [0.1, 0.15) is 10.8 Å². The number of para-hydroxylation sites is 2. The van der Waals surface area contributed by atoms with Crippen molar-refractivity contribution in [3.05, 3.63) is 40.7 Å². The molecule has 2 aliphatic rings. The van der Waals surface area contributed by atoms with Crippen molar-refractivity contribution >= 4 is 33.5 Å². The second-order valence-electron chi connectivity index (χ2n) is 4.85. The van der Waals surface area contributed by atoms with Crippen LogP contribution in [0.2, 0.25) is 0 Å². The molecule has 1 aromatic carbocycles. The lowest BCUT2D eigenvalue weighted by molar-refractivity contribution is 0.216. The summed E-state index contributed by atoms with van der Waals surface area (Å²) in [5, 5.41) is 3.28. The summed E-state index contributed by atoms with van der Waals surface area (Å²) in [5.74, 6) is -0.264. The molecule has 1 N–H and O–H groups in total. The van der Waals surface area contributed by atoms with Crippen LogP contribution in [-0.4, -0.2) is 48.7 Å². The predicted molar refractivity (Wildman–Crippen MR) is 94.0 cm³/mol. The third-order valence-corrected chi connectivity index (χ3v) is 4.14. The normalized spacial score (nSPS) is 31.2. The summed E-state index contributed by atoms with van der Waals surface area (Å²) in [6.07, 6.45) is 0. The Kier molecular flexibility index (Phi) is 1.56. The molecule has 1 saturated heterocycles. The molecule has 4 nitrogen and oxygen atoms in total. The molecule has 0 amide bonds. The van der Waals surface area contributed by atoms with Gasteiger partial charge in [-0.15, -0.1) is 11.3 Å². The molecular weight excluding hydrogens is 292 g/mol. The van der Waals surface area contributed by atoms with Crippen molar-refractivity contribution in [3.8, 4) is 0 Å². The molecule has 4 rings (SSSR count). The highest BCUT2D eigenvalue weighted by Gasteiger charge is 2.25. The van der Waals surface area contributed by atoms with Crippen LogP contribution < -0.4 is 5.32 Å². The molecule has 0 saturated carbocycles. The molecule has 5 heteroatoms. The topological polar surface area (TPSA) is 30.9 Å². The fourth-order valence-corrected chi connectivity index (χ4v) is 3.06. The van der Waals surface area contributed by atoms with Crippen molar-refractivity contribution in [2.45, 2.75) is 6.85 Å². The number of piperazine rings is 1. The number of hydrogen-bond donors (Lipinski definition) is 1. The van der Waals surface area contributed by atoms with Gasteiger partial charge in [0.2, 0.25) is 0 Å². The van der Waals surface area contributed by atoms with E-state index in [0.717, 1.165) is 21.1 Å². The number of likely N-dealkylation sites (N-methyl/N-ethyl adjacent to an activating group) is 1. The second kappa shape index (κ2) is 5.41. The third kappa shape index (κ3) is 2.40. The molecular formula is C17H20N4S. The van der Waals surface area contributed by atoms with E-state index >= 15 is 0 Å². The molecule has 0 aliphatic carbocycles. The van der Waals surface area contributed by atoms with Gasteiger partial charge in [-0.25, -0.2) is 4.99 Å². The number of thiophene rings is 1. The summed E-state index contributed by atoms with van der Waals surface area (Å²) >= 11 is 0.805. The van der Waals surface area contributed by atoms with E-state index in [1.807, 2.05) is 0 Å². The van der Waals surface area contributed by atoms with Crippen molar-refractivity contribution in [2.75, 3.05) is 38.4 Å². The van der Waals surface area contributed by atoms with Gasteiger partial charge in [0.05, 0.1) is 23.8 Å². The monoisotopic (exact) mass is 323 g/mol. The Hall–Kier alpha value is -1.85. The summed E-state index contributed by atoms with van der Waals surface area (Å²) in [6, 6.07) is 6.31. The van der Waals surface area contributed by atoms with Crippen LogP contribution in [0, 0.1) is 6.85 Å². The largest absolute Gasteiger partial charge is 0.353 e. The molecule has 2 aromatic rings. The molecule has 0 radical (unpaired) electrons. The number of nitrogens with zero attached hydrogens (tertiary/aromatic N) is 3. The van der Waals surface area contributed by atoms with Gasteiger partial charge in [-0.05, 0) is 32.0 Å². The van der Waals surface area contributed by atoms with Crippen LogP contribution in [0.15, 0.2) is 35.3 Å².